The quantitative estimate of drug-likeness (QED) is 0.778. The molecule has 1 fully saturated rings. The van der Waals surface area contributed by atoms with Crippen molar-refractivity contribution in [1.29, 1.82) is 0 Å². The number of hydrogen-bond acceptors (Lipinski definition) is 3. The van der Waals surface area contributed by atoms with Gasteiger partial charge in [0.1, 0.15) is 5.75 Å². The third-order valence-corrected chi connectivity index (χ3v) is 3.94. The fourth-order valence-corrected chi connectivity index (χ4v) is 2.36. The van der Waals surface area contributed by atoms with Crippen LogP contribution >= 0.6 is 0 Å². The van der Waals surface area contributed by atoms with Crippen molar-refractivity contribution >= 4 is 17.7 Å². The van der Waals surface area contributed by atoms with Crippen molar-refractivity contribution < 1.29 is 19.4 Å². The van der Waals surface area contributed by atoms with Crippen LogP contribution in [0.5, 0.6) is 5.75 Å². The Labute approximate surface area is 123 Å². The minimum atomic E-state index is -1.10. The molecule has 2 rings (SSSR count). The highest BCUT2D eigenvalue weighted by Crippen LogP contribution is 2.39. The van der Waals surface area contributed by atoms with Crippen LogP contribution in [0.4, 0.5) is 10.5 Å². The average molecular weight is 292 g/mol. The van der Waals surface area contributed by atoms with Crippen LogP contribution in [0.15, 0.2) is 18.2 Å². The zero-order valence-corrected chi connectivity index (χ0v) is 12.2. The molecule has 0 heterocycles. The molecule has 0 aromatic heterocycles. The number of carboxylic acid groups (broad SMARTS) is 1. The monoisotopic (exact) mass is 292 g/mol. The fraction of sp³-hybridized carbons (Fsp3) is 0.467. The van der Waals surface area contributed by atoms with E-state index in [0.29, 0.717) is 12.3 Å². The van der Waals surface area contributed by atoms with Gasteiger partial charge in [-0.1, -0.05) is 13.3 Å². The smallest absolute Gasteiger partial charge is 0.337 e. The van der Waals surface area contributed by atoms with Gasteiger partial charge in [0.25, 0.3) is 0 Å². The molecular formula is C15H20N2O4. The van der Waals surface area contributed by atoms with E-state index >= 15 is 0 Å². The predicted octanol–water partition coefficient (Wildman–Crippen LogP) is 2.71. The molecule has 1 aromatic carbocycles. The number of nitrogens with one attached hydrogen (secondary N) is 2. The zero-order valence-electron chi connectivity index (χ0n) is 12.2. The Kier molecular flexibility index (Phi) is 4.35. The molecule has 0 aliphatic heterocycles. The first-order valence-corrected chi connectivity index (χ1v) is 6.90. The van der Waals surface area contributed by atoms with E-state index < -0.39 is 12.0 Å². The van der Waals surface area contributed by atoms with Crippen molar-refractivity contribution in [3.8, 4) is 5.75 Å². The first-order chi connectivity index (χ1) is 9.93. The molecule has 6 heteroatoms. The van der Waals surface area contributed by atoms with Crippen LogP contribution in [0.1, 0.15) is 36.5 Å². The summed E-state index contributed by atoms with van der Waals surface area (Å²) in [7, 11) is 1.48. The maximum absolute atomic E-state index is 11.9. The average Bonchev–Trinajstić information content (AvgIpc) is 2.42. The van der Waals surface area contributed by atoms with E-state index in [2.05, 4.69) is 17.6 Å². The SMILES string of the molecule is COc1ccc(C(=O)O)c(NC(=O)NCC2(C)CCC2)c1. The molecule has 21 heavy (non-hydrogen) atoms. The lowest BCUT2D eigenvalue weighted by molar-refractivity contribution is 0.0698. The first-order valence-electron chi connectivity index (χ1n) is 6.90. The van der Waals surface area contributed by atoms with Crippen molar-refractivity contribution in [3.63, 3.8) is 0 Å². The molecule has 1 aromatic rings. The number of methoxy groups -OCH3 is 1. The van der Waals surface area contributed by atoms with Crippen molar-refractivity contribution in [3.05, 3.63) is 23.8 Å². The molecule has 3 N–H and O–H groups in total. The molecule has 0 radical (unpaired) electrons. The van der Waals surface area contributed by atoms with Gasteiger partial charge in [0, 0.05) is 12.6 Å². The third-order valence-electron chi connectivity index (χ3n) is 3.94. The van der Waals surface area contributed by atoms with E-state index in [1.807, 2.05) is 0 Å². The van der Waals surface area contributed by atoms with Gasteiger partial charge in [0.05, 0.1) is 18.4 Å². The van der Waals surface area contributed by atoms with Crippen LogP contribution < -0.4 is 15.4 Å². The van der Waals surface area contributed by atoms with Gasteiger partial charge in [0.15, 0.2) is 0 Å². The van der Waals surface area contributed by atoms with Gasteiger partial charge in [-0.25, -0.2) is 9.59 Å². The summed E-state index contributed by atoms with van der Waals surface area (Å²) in [6.07, 6.45) is 3.40. The van der Waals surface area contributed by atoms with Crippen molar-refractivity contribution in [1.82, 2.24) is 5.32 Å². The minimum absolute atomic E-state index is 0.0285. The lowest BCUT2D eigenvalue weighted by atomic mass is 9.70. The number of rotatable bonds is 5. The Bertz CT molecular complexity index is 553. The molecule has 1 aliphatic carbocycles. The molecule has 0 bridgehead atoms. The van der Waals surface area contributed by atoms with E-state index in [-0.39, 0.29) is 16.7 Å². The maximum Gasteiger partial charge on any atom is 0.337 e. The molecule has 1 saturated carbocycles. The van der Waals surface area contributed by atoms with Crippen LogP contribution in [0.2, 0.25) is 0 Å². The highest BCUT2D eigenvalue weighted by atomic mass is 16.5. The summed E-state index contributed by atoms with van der Waals surface area (Å²) in [6.45, 7) is 2.72. The van der Waals surface area contributed by atoms with Crippen LogP contribution in [-0.4, -0.2) is 30.8 Å². The highest BCUT2D eigenvalue weighted by Gasteiger charge is 2.31. The second-order valence-corrected chi connectivity index (χ2v) is 5.69. The Morgan fingerprint density at radius 2 is 2.10 bits per heavy atom. The van der Waals surface area contributed by atoms with Gasteiger partial charge in [-0.15, -0.1) is 0 Å². The topological polar surface area (TPSA) is 87.7 Å². The third kappa shape index (κ3) is 3.65. The predicted molar refractivity (Wildman–Crippen MR) is 78.9 cm³/mol. The lowest BCUT2D eigenvalue weighted by Gasteiger charge is -2.38. The fourth-order valence-electron chi connectivity index (χ4n) is 2.36. The van der Waals surface area contributed by atoms with Gasteiger partial charge in [0.2, 0.25) is 0 Å². The molecule has 114 valence electrons. The number of carbonyl (C=O) groups is 2. The van der Waals surface area contributed by atoms with E-state index in [0.717, 1.165) is 12.8 Å². The number of urea groups is 1. The summed E-state index contributed by atoms with van der Waals surface area (Å²) in [4.78, 5) is 23.1. The van der Waals surface area contributed by atoms with E-state index in [1.165, 1.54) is 25.7 Å². The molecule has 0 saturated heterocycles. The van der Waals surface area contributed by atoms with Crippen molar-refractivity contribution in [2.24, 2.45) is 5.41 Å². The number of ether oxygens (including phenoxy) is 1. The number of aromatic carboxylic acids is 1. The van der Waals surface area contributed by atoms with Gasteiger partial charge in [-0.2, -0.15) is 0 Å². The number of anilines is 1. The zero-order chi connectivity index (χ0) is 15.5. The van der Waals surface area contributed by atoms with Gasteiger partial charge in [-0.3, -0.25) is 0 Å². The van der Waals surface area contributed by atoms with E-state index in [9.17, 15) is 9.59 Å². The Hall–Kier alpha value is -2.24. The molecule has 0 atom stereocenters. The van der Waals surface area contributed by atoms with Gasteiger partial charge >= 0.3 is 12.0 Å². The molecule has 2 amide bonds. The summed E-state index contributed by atoms with van der Waals surface area (Å²) in [5.74, 6) is -0.611. The first kappa shape index (κ1) is 15.2. The second-order valence-electron chi connectivity index (χ2n) is 5.69. The summed E-state index contributed by atoms with van der Waals surface area (Å²) in [5, 5.41) is 14.5. The Morgan fingerprint density at radius 3 is 2.62 bits per heavy atom. The van der Waals surface area contributed by atoms with Gasteiger partial charge < -0.3 is 20.5 Å². The van der Waals surface area contributed by atoms with Crippen LogP contribution in [0, 0.1) is 5.41 Å². The summed E-state index contributed by atoms with van der Waals surface area (Å²) in [6, 6.07) is 4.04. The second kappa shape index (κ2) is 6.03. The van der Waals surface area contributed by atoms with E-state index in [1.54, 1.807) is 6.07 Å². The lowest BCUT2D eigenvalue weighted by Crippen LogP contribution is -2.41. The largest absolute Gasteiger partial charge is 0.497 e. The van der Waals surface area contributed by atoms with Crippen molar-refractivity contribution in [2.45, 2.75) is 26.2 Å². The van der Waals surface area contributed by atoms with Crippen LogP contribution in [0.3, 0.4) is 0 Å². The summed E-state index contributed by atoms with van der Waals surface area (Å²) >= 11 is 0. The number of hydrogen-bond donors (Lipinski definition) is 3. The minimum Gasteiger partial charge on any atom is -0.497 e. The number of amides is 2. The molecule has 0 unspecified atom stereocenters. The number of benzene rings is 1. The maximum atomic E-state index is 11.9. The molecular weight excluding hydrogens is 272 g/mol. The van der Waals surface area contributed by atoms with Gasteiger partial charge in [-0.05, 0) is 30.4 Å². The molecule has 0 spiro atoms. The Balaban J connectivity index is 2.03. The molecule has 6 nitrogen and oxygen atoms in total. The molecule has 1 aliphatic rings. The van der Waals surface area contributed by atoms with E-state index in [4.69, 9.17) is 9.84 Å². The van der Waals surface area contributed by atoms with Crippen LogP contribution in [-0.2, 0) is 0 Å². The highest BCUT2D eigenvalue weighted by molar-refractivity contribution is 6.00. The van der Waals surface area contributed by atoms with Crippen LogP contribution in [0.25, 0.3) is 0 Å². The standard InChI is InChI=1S/C15H20N2O4/c1-15(6-3-7-15)9-16-14(20)17-12-8-10(21-2)4-5-11(12)13(18)19/h4-5,8H,3,6-7,9H2,1-2H3,(H,18,19)(H2,16,17,20). The van der Waals surface area contributed by atoms with Crippen molar-refractivity contribution in [2.75, 3.05) is 19.0 Å². The summed E-state index contributed by atoms with van der Waals surface area (Å²) < 4.78 is 5.05. The number of carbonyl (C=O) groups excluding carboxylic acids is 1. The number of carboxylic acids is 1. The Morgan fingerprint density at radius 1 is 1.38 bits per heavy atom. The normalized spacial score (nSPS) is 15.7. The summed E-state index contributed by atoms with van der Waals surface area (Å²) in [5.41, 5.74) is 0.417.